The predicted octanol–water partition coefficient (Wildman–Crippen LogP) is 3.48. The summed E-state index contributed by atoms with van der Waals surface area (Å²) in [6.45, 7) is 0. The van der Waals surface area contributed by atoms with E-state index in [1.54, 1.807) is 7.05 Å². The van der Waals surface area contributed by atoms with Gasteiger partial charge in [-0.25, -0.2) is 4.79 Å². The number of likely N-dealkylation sites (N-methyl/N-ethyl adjacent to an activating group) is 1. The number of hydrogen-bond acceptors (Lipinski definition) is 4. The van der Waals surface area contributed by atoms with Gasteiger partial charge in [0, 0.05) is 19.7 Å². The van der Waals surface area contributed by atoms with Crippen LogP contribution in [0, 0.1) is 0 Å². The second-order valence-corrected chi connectivity index (χ2v) is 7.16. The van der Waals surface area contributed by atoms with Gasteiger partial charge in [0.1, 0.15) is 6.10 Å². The van der Waals surface area contributed by atoms with E-state index >= 15 is 0 Å². The van der Waals surface area contributed by atoms with Crippen molar-refractivity contribution >= 4 is 11.9 Å². The molecule has 0 unspecified atom stereocenters. The third-order valence-electron chi connectivity index (χ3n) is 5.42. The quantitative estimate of drug-likeness (QED) is 0.671. The lowest BCUT2D eigenvalue weighted by atomic mass is 9.92. The molecule has 30 heavy (non-hydrogen) atoms. The summed E-state index contributed by atoms with van der Waals surface area (Å²) < 4.78 is 52.3. The number of ether oxygens (including phenoxy) is 2. The zero-order valence-corrected chi connectivity index (χ0v) is 16.6. The van der Waals surface area contributed by atoms with Gasteiger partial charge in [-0.15, -0.1) is 0 Å². The molecule has 1 heterocycles. The molecular formula is C22H22F3NO4. The molecule has 160 valence electrons. The monoisotopic (exact) mass is 421 g/mol. The molecule has 3 rings (SSSR count). The summed E-state index contributed by atoms with van der Waals surface area (Å²) in [5.74, 6) is -1.89. The highest BCUT2D eigenvalue weighted by Crippen LogP contribution is 2.43. The molecule has 1 aliphatic heterocycles. The van der Waals surface area contributed by atoms with Gasteiger partial charge >= 0.3 is 12.1 Å². The maximum absolute atomic E-state index is 14.1. The van der Waals surface area contributed by atoms with E-state index < -0.39 is 29.9 Å². The van der Waals surface area contributed by atoms with Crippen LogP contribution in [0.4, 0.5) is 13.2 Å². The van der Waals surface area contributed by atoms with Crippen LogP contribution in [0.15, 0.2) is 60.7 Å². The first-order valence-corrected chi connectivity index (χ1v) is 9.38. The largest absolute Gasteiger partial charge is 0.457 e. The van der Waals surface area contributed by atoms with E-state index in [-0.39, 0.29) is 17.9 Å². The van der Waals surface area contributed by atoms with Gasteiger partial charge in [0.2, 0.25) is 5.91 Å². The van der Waals surface area contributed by atoms with Gasteiger partial charge < -0.3 is 14.4 Å². The molecule has 3 atom stereocenters. The third-order valence-corrected chi connectivity index (χ3v) is 5.42. The van der Waals surface area contributed by atoms with E-state index in [1.807, 2.05) is 30.3 Å². The normalized spacial score (nSPS) is 21.4. The van der Waals surface area contributed by atoms with E-state index in [0.29, 0.717) is 6.42 Å². The predicted molar refractivity (Wildman–Crippen MR) is 102 cm³/mol. The Balaban J connectivity index is 1.91. The lowest BCUT2D eigenvalue weighted by molar-refractivity contribution is -0.278. The van der Waals surface area contributed by atoms with Crippen LogP contribution in [-0.2, 0) is 31.1 Å². The molecule has 0 saturated carbocycles. The molecule has 1 aliphatic rings. The van der Waals surface area contributed by atoms with Crippen LogP contribution in [0.25, 0.3) is 0 Å². The number of alkyl halides is 3. The number of nitrogens with zero attached hydrogens (tertiary/aromatic N) is 1. The number of esters is 1. The Kier molecular flexibility index (Phi) is 6.17. The van der Waals surface area contributed by atoms with Crippen LogP contribution < -0.4 is 0 Å². The summed E-state index contributed by atoms with van der Waals surface area (Å²) in [5.41, 5.74) is -2.79. The van der Waals surface area contributed by atoms with E-state index in [1.165, 1.54) is 23.1 Å². The molecular weight excluding hydrogens is 399 g/mol. The minimum atomic E-state index is -5.07. The SMILES string of the molecule is CO[C@](C(=O)O[C@@H]1CC(=O)N(C)[C@H]1Cc1ccccc1)(c1ccccc1)C(F)(F)F. The Bertz CT molecular complexity index is 888. The minimum Gasteiger partial charge on any atom is -0.457 e. The summed E-state index contributed by atoms with van der Waals surface area (Å²) in [4.78, 5) is 26.6. The molecule has 1 amide bonds. The smallest absolute Gasteiger partial charge is 0.432 e. The van der Waals surface area contributed by atoms with Crippen LogP contribution in [0.2, 0.25) is 0 Å². The van der Waals surface area contributed by atoms with Crippen molar-refractivity contribution in [1.82, 2.24) is 4.90 Å². The van der Waals surface area contributed by atoms with Crippen molar-refractivity contribution < 1.29 is 32.2 Å². The van der Waals surface area contributed by atoms with Gasteiger partial charge in [0.15, 0.2) is 0 Å². The first kappa shape index (κ1) is 21.8. The van der Waals surface area contributed by atoms with Gasteiger partial charge in [0.25, 0.3) is 5.60 Å². The summed E-state index contributed by atoms with van der Waals surface area (Å²) in [5, 5.41) is 0. The van der Waals surface area contributed by atoms with Gasteiger partial charge in [-0.2, -0.15) is 13.2 Å². The van der Waals surface area contributed by atoms with E-state index in [2.05, 4.69) is 0 Å². The third kappa shape index (κ3) is 3.92. The van der Waals surface area contributed by atoms with Gasteiger partial charge in [-0.05, 0) is 12.0 Å². The van der Waals surface area contributed by atoms with Crippen molar-refractivity contribution in [3.8, 4) is 0 Å². The summed E-state index contributed by atoms with van der Waals surface area (Å²) in [7, 11) is 2.36. The molecule has 5 nitrogen and oxygen atoms in total. The first-order chi connectivity index (χ1) is 14.2. The van der Waals surface area contributed by atoms with Crippen molar-refractivity contribution in [3.05, 3.63) is 71.8 Å². The number of halogens is 3. The van der Waals surface area contributed by atoms with Crippen molar-refractivity contribution in [2.45, 2.75) is 36.8 Å². The highest BCUT2D eigenvalue weighted by Gasteiger charge is 2.64. The zero-order valence-electron chi connectivity index (χ0n) is 16.6. The van der Waals surface area contributed by atoms with E-state index in [0.717, 1.165) is 24.8 Å². The van der Waals surface area contributed by atoms with Crippen LogP contribution in [0.1, 0.15) is 17.5 Å². The van der Waals surface area contributed by atoms with Crippen LogP contribution in [0.3, 0.4) is 0 Å². The molecule has 0 spiro atoms. The summed E-state index contributed by atoms with van der Waals surface area (Å²) in [6.07, 6.45) is -5.94. The van der Waals surface area contributed by atoms with Crippen molar-refractivity contribution in [3.63, 3.8) is 0 Å². The van der Waals surface area contributed by atoms with Crippen molar-refractivity contribution in [2.24, 2.45) is 0 Å². The number of methoxy groups -OCH3 is 1. The Morgan fingerprint density at radius 3 is 2.17 bits per heavy atom. The molecule has 0 N–H and O–H groups in total. The molecule has 1 saturated heterocycles. The second kappa shape index (κ2) is 8.47. The van der Waals surface area contributed by atoms with Gasteiger partial charge in [-0.1, -0.05) is 60.7 Å². The van der Waals surface area contributed by atoms with E-state index in [9.17, 15) is 22.8 Å². The molecule has 2 aromatic rings. The average Bonchev–Trinajstić information content (AvgIpc) is 2.97. The second-order valence-electron chi connectivity index (χ2n) is 7.16. The highest BCUT2D eigenvalue weighted by molar-refractivity contribution is 5.84. The van der Waals surface area contributed by atoms with Gasteiger partial charge in [-0.3, -0.25) is 4.79 Å². The molecule has 0 aliphatic carbocycles. The highest BCUT2D eigenvalue weighted by atomic mass is 19.4. The number of rotatable bonds is 6. The fourth-order valence-electron chi connectivity index (χ4n) is 3.74. The van der Waals surface area contributed by atoms with Crippen LogP contribution in [0.5, 0.6) is 0 Å². The Hall–Kier alpha value is -2.87. The number of carbonyl (C=O) groups is 2. The number of amides is 1. The van der Waals surface area contributed by atoms with Gasteiger partial charge in [0.05, 0.1) is 12.5 Å². The Morgan fingerprint density at radius 2 is 1.63 bits per heavy atom. The maximum atomic E-state index is 14.1. The van der Waals surface area contributed by atoms with E-state index in [4.69, 9.17) is 9.47 Å². The molecule has 0 radical (unpaired) electrons. The average molecular weight is 421 g/mol. The zero-order chi connectivity index (χ0) is 21.9. The summed E-state index contributed by atoms with van der Waals surface area (Å²) in [6, 6.07) is 15.2. The van der Waals surface area contributed by atoms with Crippen LogP contribution >= 0.6 is 0 Å². The lowest BCUT2D eigenvalue weighted by Gasteiger charge is -2.34. The number of likely N-dealkylation sites (tertiary alicyclic amines) is 1. The van der Waals surface area contributed by atoms with Crippen molar-refractivity contribution in [2.75, 3.05) is 14.2 Å². The molecule has 0 aromatic heterocycles. The van der Waals surface area contributed by atoms with Crippen LogP contribution in [-0.4, -0.2) is 49.3 Å². The Morgan fingerprint density at radius 1 is 1.07 bits per heavy atom. The fourth-order valence-corrected chi connectivity index (χ4v) is 3.74. The fraction of sp³-hybridized carbons (Fsp3) is 0.364. The summed E-state index contributed by atoms with van der Waals surface area (Å²) >= 11 is 0. The number of hydrogen-bond donors (Lipinski definition) is 0. The first-order valence-electron chi connectivity index (χ1n) is 9.38. The molecule has 1 fully saturated rings. The number of carbonyl (C=O) groups excluding carboxylic acids is 2. The minimum absolute atomic E-state index is 0.188. The standard InChI is InChI=1S/C22H22F3NO4/c1-26-17(13-15-9-5-3-6-10-15)18(14-19(26)27)30-20(28)21(29-2,22(23,24)25)16-11-7-4-8-12-16/h3-12,17-18H,13-14H2,1-2H3/t17-,18+,21-/m0/s1. The lowest BCUT2D eigenvalue weighted by Crippen LogP contribution is -2.53. The maximum Gasteiger partial charge on any atom is 0.432 e. The number of benzene rings is 2. The molecule has 2 aromatic carbocycles. The Labute approximate surface area is 172 Å². The topological polar surface area (TPSA) is 55.8 Å². The molecule has 8 heteroatoms. The van der Waals surface area contributed by atoms with Crippen molar-refractivity contribution in [1.29, 1.82) is 0 Å². The molecule has 0 bridgehead atoms.